The largest absolute Gasteiger partial charge is 0.489 e. The number of aldehydes is 1. The number of hydrogen-bond donors (Lipinski definition) is 0. The van der Waals surface area contributed by atoms with Gasteiger partial charge in [0.15, 0.2) is 0 Å². The maximum atomic E-state index is 12.4. The van der Waals surface area contributed by atoms with E-state index in [2.05, 4.69) is 0 Å². The van der Waals surface area contributed by atoms with Gasteiger partial charge in [0, 0.05) is 5.56 Å². The third-order valence-electron chi connectivity index (χ3n) is 2.70. The van der Waals surface area contributed by atoms with Crippen LogP contribution < -0.4 is 4.74 Å². The SMILES string of the molecule is O=Cc1ccc(OCc2ccc(C(F)(F)F)cc2)cc1. The van der Waals surface area contributed by atoms with Gasteiger partial charge in [-0.2, -0.15) is 13.2 Å². The van der Waals surface area contributed by atoms with E-state index in [-0.39, 0.29) is 6.61 Å². The first-order chi connectivity index (χ1) is 9.49. The van der Waals surface area contributed by atoms with Crippen molar-refractivity contribution in [3.05, 3.63) is 65.2 Å². The molecule has 20 heavy (non-hydrogen) atoms. The second-order valence-corrected chi connectivity index (χ2v) is 4.17. The topological polar surface area (TPSA) is 26.3 Å². The Morgan fingerprint density at radius 2 is 1.55 bits per heavy atom. The van der Waals surface area contributed by atoms with Gasteiger partial charge in [-0.3, -0.25) is 4.79 Å². The van der Waals surface area contributed by atoms with Gasteiger partial charge in [-0.15, -0.1) is 0 Å². The van der Waals surface area contributed by atoms with Crippen LogP contribution in [0.4, 0.5) is 13.2 Å². The van der Waals surface area contributed by atoms with Gasteiger partial charge >= 0.3 is 6.18 Å². The predicted molar refractivity (Wildman–Crippen MR) is 67.6 cm³/mol. The smallest absolute Gasteiger partial charge is 0.416 e. The molecule has 0 N–H and O–H groups in total. The quantitative estimate of drug-likeness (QED) is 0.788. The third-order valence-corrected chi connectivity index (χ3v) is 2.70. The summed E-state index contributed by atoms with van der Waals surface area (Å²) in [5.74, 6) is 0.551. The molecule has 0 aliphatic rings. The molecule has 0 aliphatic carbocycles. The van der Waals surface area contributed by atoms with Gasteiger partial charge in [0.1, 0.15) is 18.6 Å². The van der Waals surface area contributed by atoms with Crippen molar-refractivity contribution in [2.75, 3.05) is 0 Å². The number of hydrogen-bond acceptors (Lipinski definition) is 2. The van der Waals surface area contributed by atoms with Crippen LogP contribution in [0.2, 0.25) is 0 Å². The average Bonchev–Trinajstić information content (AvgIpc) is 2.45. The van der Waals surface area contributed by atoms with E-state index in [4.69, 9.17) is 4.74 Å². The highest BCUT2D eigenvalue weighted by atomic mass is 19.4. The van der Waals surface area contributed by atoms with Crippen molar-refractivity contribution in [2.45, 2.75) is 12.8 Å². The molecule has 2 rings (SSSR count). The molecule has 2 aromatic rings. The summed E-state index contributed by atoms with van der Waals surface area (Å²) in [7, 11) is 0. The van der Waals surface area contributed by atoms with Gasteiger partial charge in [-0.1, -0.05) is 12.1 Å². The molecule has 5 heteroatoms. The third kappa shape index (κ3) is 3.60. The molecule has 0 heterocycles. The lowest BCUT2D eigenvalue weighted by atomic mass is 10.1. The number of benzene rings is 2. The Kier molecular flexibility index (Phi) is 4.08. The van der Waals surface area contributed by atoms with Crippen LogP contribution in [0.3, 0.4) is 0 Å². The van der Waals surface area contributed by atoms with E-state index in [9.17, 15) is 18.0 Å². The molecule has 2 nitrogen and oxygen atoms in total. The second-order valence-electron chi connectivity index (χ2n) is 4.17. The maximum absolute atomic E-state index is 12.4. The van der Waals surface area contributed by atoms with Gasteiger partial charge in [-0.05, 0) is 42.0 Å². The van der Waals surface area contributed by atoms with E-state index in [0.29, 0.717) is 16.9 Å². The van der Waals surface area contributed by atoms with Crippen molar-refractivity contribution in [3.63, 3.8) is 0 Å². The molecule has 0 saturated carbocycles. The van der Waals surface area contributed by atoms with Crippen molar-refractivity contribution in [2.24, 2.45) is 0 Å². The maximum Gasteiger partial charge on any atom is 0.416 e. The zero-order valence-corrected chi connectivity index (χ0v) is 10.4. The van der Waals surface area contributed by atoms with Crippen molar-refractivity contribution < 1.29 is 22.7 Å². The van der Waals surface area contributed by atoms with Crippen molar-refractivity contribution in [3.8, 4) is 5.75 Å². The first-order valence-electron chi connectivity index (χ1n) is 5.83. The zero-order valence-electron chi connectivity index (χ0n) is 10.4. The van der Waals surface area contributed by atoms with Crippen LogP contribution in [0.1, 0.15) is 21.5 Å². The Morgan fingerprint density at radius 1 is 0.950 bits per heavy atom. The summed E-state index contributed by atoms with van der Waals surface area (Å²) in [6.07, 6.45) is -3.61. The fourth-order valence-electron chi connectivity index (χ4n) is 1.60. The molecule has 0 spiro atoms. The monoisotopic (exact) mass is 280 g/mol. The van der Waals surface area contributed by atoms with Crippen LogP contribution in [-0.4, -0.2) is 6.29 Å². The highest BCUT2D eigenvalue weighted by Gasteiger charge is 2.29. The molecule has 0 fully saturated rings. The summed E-state index contributed by atoms with van der Waals surface area (Å²) in [6, 6.07) is 11.3. The van der Waals surface area contributed by atoms with E-state index in [1.54, 1.807) is 24.3 Å². The Balaban J connectivity index is 1.98. The molecule has 0 radical (unpaired) electrons. The highest BCUT2D eigenvalue weighted by molar-refractivity contribution is 5.74. The van der Waals surface area contributed by atoms with Gasteiger partial charge < -0.3 is 4.74 Å². The molecule has 0 saturated heterocycles. The van der Waals surface area contributed by atoms with E-state index in [1.165, 1.54) is 12.1 Å². The first kappa shape index (κ1) is 14.1. The van der Waals surface area contributed by atoms with Crippen LogP contribution in [0.5, 0.6) is 5.75 Å². The molecule has 0 atom stereocenters. The minimum absolute atomic E-state index is 0.165. The predicted octanol–water partition coefficient (Wildman–Crippen LogP) is 4.10. The van der Waals surface area contributed by atoms with Gasteiger partial charge in [0.25, 0.3) is 0 Å². The molecule has 0 aliphatic heterocycles. The Labute approximate surface area is 113 Å². The standard InChI is InChI=1S/C15H11F3O2/c16-15(17,18)13-5-1-12(2-6-13)10-20-14-7-3-11(9-19)4-8-14/h1-9H,10H2. The van der Waals surface area contributed by atoms with Crippen LogP contribution >= 0.6 is 0 Å². The van der Waals surface area contributed by atoms with Crippen LogP contribution in [0, 0.1) is 0 Å². The van der Waals surface area contributed by atoms with Crippen molar-refractivity contribution >= 4 is 6.29 Å². The first-order valence-corrected chi connectivity index (χ1v) is 5.83. The number of alkyl halides is 3. The molecule has 0 aromatic heterocycles. The van der Waals surface area contributed by atoms with E-state index in [1.807, 2.05) is 0 Å². The molecule has 104 valence electrons. The molecule has 2 aromatic carbocycles. The summed E-state index contributed by atoms with van der Waals surface area (Å²) < 4.78 is 42.6. The van der Waals surface area contributed by atoms with Gasteiger partial charge in [0.2, 0.25) is 0 Å². The lowest BCUT2D eigenvalue weighted by Gasteiger charge is -2.09. The fraction of sp³-hybridized carbons (Fsp3) is 0.133. The van der Waals surface area contributed by atoms with Crippen LogP contribution in [0.15, 0.2) is 48.5 Å². The number of rotatable bonds is 4. The molecular formula is C15H11F3O2. The van der Waals surface area contributed by atoms with Crippen molar-refractivity contribution in [1.82, 2.24) is 0 Å². The summed E-state index contributed by atoms with van der Waals surface area (Å²) in [6.45, 7) is 0.165. The Morgan fingerprint density at radius 3 is 2.05 bits per heavy atom. The normalized spacial score (nSPS) is 11.2. The number of carbonyl (C=O) groups excluding carboxylic acids is 1. The molecule has 0 amide bonds. The van der Waals surface area contributed by atoms with E-state index >= 15 is 0 Å². The van der Waals surface area contributed by atoms with Crippen molar-refractivity contribution in [1.29, 1.82) is 0 Å². The fourth-order valence-corrected chi connectivity index (χ4v) is 1.60. The summed E-state index contributed by atoms with van der Waals surface area (Å²) in [5, 5.41) is 0. The number of halogens is 3. The molecule has 0 unspecified atom stereocenters. The van der Waals surface area contributed by atoms with E-state index in [0.717, 1.165) is 18.4 Å². The summed E-state index contributed by atoms with van der Waals surface area (Å²) in [4.78, 5) is 10.5. The Hall–Kier alpha value is -2.30. The zero-order chi connectivity index (χ0) is 14.6. The van der Waals surface area contributed by atoms with Gasteiger partial charge in [-0.25, -0.2) is 0 Å². The average molecular weight is 280 g/mol. The number of carbonyl (C=O) groups is 1. The second kappa shape index (κ2) is 5.77. The van der Waals surface area contributed by atoms with E-state index < -0.39 is 11.7 Å². The molecule has 0 bridgehead atoms. The van der Waals surface area contributed by atoms with Gasteiger partial charge in [0.05, 0.1) is 5.56 Å². The minimum atomic E-state index is -4.33. The highest BCUT2D eigenvalue weighted by Crippen LogP contribution is 2.29. The summed E-state index contributed by atoms with van der Waals surface area (Å²) >= 11 is 0. The Bertz CT molecular complexity index is 572. The number of ether oxygens (including phenoxy) is 1. The molecular weight excluding hydrogens is 269 g/mol. The lowest BCUT2D eigenvalue weighted by Crippen LogP contribution is -2.05. The lowest BCUT2D eigenvalue weighted by molar-refractivity contribution is -0.137. The minimum Gasteiger partial charge on any atom is -0.489 e. The summed E-state index contributed by atoms with van der Waals surface area (Å²) in [5.41, 5.74) is 0.487. The van der Waals surface area contributed by atoms with Crippen LogP contribution in [0.25, 0.3) is 0 Å². The van der Waals surface area contributed by atoms with Crippen LogP contribution in [-0.2, 0) is 12.8 Å².